The molecule has 3 nitrogen and oxygen atoms in total. The topological polar surface area (TPSA) is 57.5 Å². The van der Waals surface area contributed by atoms with Gasteiger partial charge in [0.05, 0.1) is 5.56 Å². The molecule has 1 atom stereocenters. The zero-order valence-corrected chi connectivity index (χ0v) is 11.2. The molecule has 2 aliphatic heterocycles. The van der Waals surface area contributed by atoms with Crippen molar-refractivity contribution < 1.29 is 14.8 Å². The Morgan fingerprint density at radius 2 is 1.61 bits per heavy atom. The molecule has 1 fully saturated rings. The quantitative estimate of drug-likeness (QED) is 0.558. The molecule has 2 bridgehead atoms. The van der Waals surface area contributed by atoms with E-state index in [2.05, 4.69) is 0 Å². The predicted octanol–water partition coefficient (Wildman–Crippen LogP) is 3.37. The maximum atomic E-state index is 12.7. The van der Waals surface area contributed by atoms with E-state index >= 15 is 0 Å². The SMILES string of the molecule is O=[P+]1c2c(O)ccc(O)c2C2CCCC1CCC2. The van der Waals surface area contributed by atoms with Crippen molar-refractivity contribution in [1.29, 1.82) is 0 Å². The molecule has 4 heteroatoms. The number of phenolic OH excluding ortho intramolecular Hbond substituents is 2. The largest absolute Gasteiger partial charge is 0.507 e. The van der Waals surface area contributed by atoms with Gasteiger partial charge in [-0.15, -0.1) is 0 Å². The highest BCUT2D eigenvalue weighted by Gasteiger charge is 2.43. The predicted molar refractivity (Wildman–Crippen MR) is 71.2 cm³/mol. The average molecular weight is 265 g/mol. The van der Waals surface area contributed by atoms with Crippen LogP contribution in [0.1, 0.15) is 50.0 Å². The van der Waals surface area contributed by atoms with Crippen LogP contribution in [0.4, 0.5) is 0 Å². The van der Waals surface area contributed by atoms with E-state index in [0.717, 1.165) is 44.1 Å². The van der Waals surface area contributed by atoms with E-state index in [9.17, 15) is 14.8 Å². The van der Waals surface area contributed by atoms with Gasteiger partial charge in [0.1, 0.15) is 5.75 Å². The van der Waals surface area contributed by atoms with Crippen LogP contribution in [0.3, 0.4) is 0 Å². The summed E-state index contributed by atoms with van der Waals surface area (Å²) in [6.07, 6.45) is 6.18. The lowest BCUT2D eigenvalue weighted by Crippen LogP contribution is -2.23. The molecule has 0 radical (unpaired) electrons. The van der Waals surface area contributed by atoms with Crippen LogP contribution >= 0.6 is 7.80 Å². The Labute approximate surface area is 108 Å². The van der Waals surface area contributed by atoms with E-state index in [1.165, 1.54) is 12.1 Å². The van der Waals surface area contributed by atoms with Gasteiger partial charge >= 0.3 is 7.80 Å². The molecule has 2 N–H and O–H groups in total. The summed E-state index contributed by atoms with van der Waals surface area (Å²) in [6.45, 7) is 0. The van der Waals surface area contributed by atoms with Gasteiger partial charge in [0.15, 0.2) is 11.4 Å². The van der Waals surface area contributed by atoms with Gasteiger partial charge in [-0.3, -0.25) is 0 Å². The summed E-state index contributed by atoms with van der Waals surface area (Å²) in [4.78, 5) is 0. The van der Waals surface area contributed by atoms with Gasteiger partial charge in [0.2, 0.25) is 5.30 Å². The van der Waals surface area contributed by atoms with Crippen molar-refractivity contribution >= 4 is 13.1 Å². The normalized spacial score (nSPS) is 29.2. The van der Waals surface area contributed by atoms with Crippen molar-refractivity contribution in [2.75, 3.05) is 0 Å². The standard InChI is InChI=1S/C14H17O3P/c15-11-7-8-12(16)14-13(11)9-3-1-5-10(18(14)17)6-2-4-9/h7-10H,1-6H2,(H-,15,16,17)/p+1. The van der Waals surface area contributed by atoms with Crippen LogP contribution in [0.2, 0.25) is 0 Å². The van der Waals surface area contributed by atoms with E-state index in [1.54, 1.807) is 0 Å². The lowest BCUT2D eigenvalue weighted by Gasteiger charge is -2.25. The molecule has 96 valence electrons. The second kappa shape index (κ2) is 4.55. The molecule has 1 aliphatic carbocycles. The van der Waals surface area contributed by atoms with Gasteiger partial charge in [-0.25, -0.2) is 0 Å². The fourth-order valence-electron chi connectivity index (χ4n) is 3.41. The lowest BCUT2D eigenvalue weighted by atomic mass is 9.85. The Bertz CT molecular complexity index is 488. The van der Waals surface area contributed by atoms with Gasteiger partial charge in [-0.2, -0.15) is 0 Å². The zero-order valence-electron chi connectivity index (χ0n) is 10.3. The summed E-state index contributed by atoms with van der Waals surface area (Å²) in [5.41, 5.74) is 0.938. The number of hydrogen-bond donors (Lipinski definition) is 2. The van der Waals surface area contributed by atoms with Crippen molar-refractivity contribution in [1.82, 2.24) is 0 Å². The van der Waals surface area contributed by atoms with Crippen LogP contribution in [0.15, 0.2) is 12.1 Å². The molecule has 2 heterocycles. The lowest BCUT2D eigenvalue weighted by molar-refractivity contribution is 0.414. The van der Waals surface area contributed by atoms with Crippen molar-refractivity contribution in [3.8, 4) is 11.5 Å². The summed E-state index contributed by atoms with van der Waals surface area (Å²) < 4.78 is 12.7. The van der Waals surface area contributed by atoms with Crippen LogP contribution < -0.4 is 5.30 Å². The summed E-state index contributed by atoms with van der Waals surface area (Å²) in [6, 6.07) is 3.00. The summed E-state index contributed by atoms with van der Waals surface area (Å²) in [7, 11) is -1.59. The van der Waals surface area contributed by atoms with E-state index < -0.39 is 7.80 Å². The molecule has 1 saturated carbocycles. The molecule has 18 heavy (non-hydrogen) atoms. The van der Waals surface area contributed by atoms with Crippen molar-refractivity contribution in [3.63, 3.8) is 0 Å². The third kappa shape index (κ3) is 1.81. The summed E-state index contributed by atoms with van der Waals surface area (Å²) >= 11 is 0. The Hall–Kier alpha value is -1.08. The second-order valence-electron chi connectivity index (χ2n) is 5.40. The molecule has 4 rings (SSSR count). The highest BCUT2D eigenvalue weighted by atomic mass is 31.1. The van der Waals surface area contributed by atoms with Crippen molar-refractivity contribution in [3.05, 3.63) is 17.7 Å². The number of fused-ring (bicyclic) bond motifs is 4. The molecule has 0 saturated heterocycles. The highest BCUT2D eigenvalue weighted by Crippen LogP contribution is 2.48. The van der Waals surface area contributed by atoms with Gasteiger partial charge in [-0.1, -0.05) is 4.57 Å². The first kappa shape index (κ1) is 12.0. The first-order chi connectivity index (χ1) is 8.68. The van der Waals surface area contributed by atoms with Crippen LogP contribution in [0.5, 0.6) is 11.5 Å². The molecular formula is C14H18O3P+. The van der Waals surface area contributed by atoms with Crippen LogP contribution in [-0.4, -0.2) is 15.9 Å². The second-order valence-corrected chi connectivity index (χ2v) is 7.23. The molecule has 1 aromatic rings. The Kier molecular flexibility index (Phi) is 3.03. The fraction of sp³-hybridized carbons (Fsp3) is 0.571. The monoisotopic (exact) mass is 265 g/mol. The third-order valence-corrected chi connectivity index (χ3v) is 6.40. The molecule has 3 aliphatic rings. The zero-order chi connectivity index (χ0) is 12.7. The Morgan fingerprint density at radius 1 is 1.00 bits per heavy atom. The molecule has 1 aromatic carbocycles. The van der Waals surface area contributed by atoms with Gasteiger partial charge < -0.3 is 10.2 Å². The fourth-order valence-corrected chi connectivity index (χ4v) is 5.45. The highest BCUT2D eigenvalue weighted by molar-refractivity contribution is 7.54. The minimum Gasteiger partial charge on any atom is -0.507 e. The molecular weight excluding hydrogens is 247 g/mol. The number of phenols is 2. The maximum Gasteiger partial charge on any atom is 0.384 e. The van der Waals surface area contributed by atoms with Crippen molar-refractivity contribution in [2.45, 2.75) is 50.1 Å². The van der Waals surface area contributed by atoms with E-state index in [1.807, 2.05) is 0 Å². The molecule has 0 amide bonds. The number of hydrogen-bond acceptors (Lipinski definition) is 3. The number of benzene rings is 1. The van der Waals surface area contributed by atoms with Crippen LogP contribution in [0.25, 0.3) is 0 Å². The van der Waals surface area contributed by atoms with Gasteiger partial charge in [-0.05, 0) is 56.6 Å². The Balaban J connectivity index is 2.24. The van der Waals surface area contributed by atoms with E-state index in [-0.39, 0.29) is 23.1 Å². The van der Waals surface area contributed by atoms with E-state index in [4.69, 9.17) is 0 Å². The number of rotatable bonds is 0. The molecule has 0 aromatic heterocycles. The van der Waals surface area contributed by atoms with Gasteiger partial charge in [0, 0.05) is 0 Å². The average Bonchev–Trinajstić information content (AvgIpc) is 2.29. The molecule has 1 unspecified atom stereocenters. The first-order valence-corrected chi connectivity index (χ1v) is 8.02. The minimum atomic E-state index is -1.59. The smallest absolute Gasteiger partial charge is 0.384 e. The Morgan fingerprint density at radius 3 is 2.28 bits per heavy atom. The third-order valence-electron chi connectivity index (χ3n) is 4.31. The first-order valence-electron chi connectivity index (χ1n) is 6.69. The van der Waals surface area contributed by atoms with Crippen molar-refractivity contribution in [2.24, 2.45) is 0 Å². The summed E-state index contributed by atoms with van der Waals surface area (Å²) in [5, 5.41) is 20.7. The molecule has 0 spiro atoms. The summed E-state index contributed by atoms with van der Waals surface area (Å²) in [5.74, 6) is 0.564. The van der Waals surface area contributed by atoms with Crippen LogP contribution in [0, 0.1) is 0 Å². The minimum absolute atomic E-state index is 0.0997. The van der Waals surface area contributed by atoms with Gasteiger partial charge in [0.25, 0.3) is 0 Å². The van der Waals surface area contributed by atoms with Crippen LogP contribution in [-0.2, 0) is 4.57 Å². The number of aromatic hydroxyl groups is 2. The maximum absolute atomic E-state index is 12.7. The van der Waals surface area contributed by atoms with E-state index in [0.29, 0.717) is 5.30 Å².